The first kappa shape index (κ1) is 18.2. The van der Waals surface area contributed by atoms with E-state index >= 15 is 0 Å². The van der Waals surface area contributed by atoms with Crippen LogP contribution in [0.15, 0.2) is 84.9 Å². The molecule has 0 spiro atoms. The fraction of sp³-hybridized carbons (Fsp3) is 0.0741. The van der Waals surface area contributed by atoms with Crippen LogP contribution in [-0.4, -0.2) is 6.16 Å². The molecule has 0 bridgehead atoms. The average Bonchev–Trinajstić information content (AvgIpc) is 2.75. The van der Waals surface area contributed by atoms with Gasteiger partial charge in [-0.3, -0.25) is 0 Å². The Balaban J connectivity index is 1.59. The van der Waals surface area contributed by atoms with Crippen molar-refractivity contribution in [1.82, 2.24) is 0 Å². The predicted molar refractivity (Wildman–Crippen MR) is 122 cm³/mol. The molecule has 3 heteroatoms. The van der Waals surface area contributed by atoms with Crippen molar-refractivity contribution in [3.63, 3.8) is 0 Å². The Hall–Kier alpha value is -3.85. The first-order valence-corrected chi connectivity index (χ1v) is 9.90. The Morgan fingerprint density at radius 2 is 1.27 bits per heavy atom. The van der Waals surface area contributed by atoms with Gasteiger partial charge in [0.05, 0.1) is 0 Å². The molecule has 0 aromatic heterocycles. The van der Waals surface area contributed by atoms with Crippen LogP contribution in [0.4, 0.5) is 4.79 Å². The van der Waals surface area contributed by atoms with Gasteiger partial charge in [-0.1, -0.05) is 66.7 Å². The number of carbonyl (C=O) groups is 1. The molecule has 0 aliphatic heterocycles. The Kier molecular flexibility index (Phi) is 4.36. The fourth-order valence-electron chi connectivity index (χ4n) is 3.89. The molecule has 30 heavy (non-hydrogen) atoms. The summed E-state index contributed by atoms with van der Waals surface area (Å²) in [6, 6.07) is 27.6. The van der Waals surface area contributed by atoms with Crippen LogP contribution in [0, 0.1) is 13.8 Å². The second-order valence-corrected chi connectivity index (χ2v) is 7.52. The highest BCUT2D eigenvalue weighted by atomic mass is 16.7. The van der Waals surface area contributed by atoms with Gasteiger partial charge >= 0.3 is 6.16 Å². The Morgan fingerprint density at radius 3 is 2.10 bits per heavy atom. The molecule has 0 heterocycles. The molecule has 0 aliphatic carbocycles. The highest BCUT2D eigenvalue weighted by Gasteiger charge is 2.16. The second-order valence-electron chi connectivity index (χ2n) is 7.52. The van der Waals surface area contributed by atoms with Crippen molar-refractivity contribution in [2.24, 2.45) is 0 Å². The molecule has 5 aromatic rings. The van der Waals surface area contributed by atoms with E-state index in [0.29, 0.717) is 11.5 Å². The summed E-state index contributed by atoms with van der Waals surface area (Å²) in [6.45, 7) is 4.14. The molecule has 0 radical (unpaired) electrons. The van der Waals surface area contributed by atoms with Crippen molar-refractivity contribution in [3.05, 3.63) is 96.1 Å². The van der Waals surface area contributed by atoms with E-state index in [0.717, 1.165) is 37.9 Å². The summed E-state index contributed by atoms with van der Waals surface area (Å²) < 4.78 is 11.4. The van der Waals surface area contributed by atoms with Gasteiger partial charge < -0.3 is 9.47 Å². The van der Waals surface area contributed by atoms with Gasteiger partial charge in [-0.15, -0.1) is 0 Å². The van der Waals surface area contributed by atoms with Gasteiger partial charge in [0.25, 0.3) is 0 Å². The quantitative estimate of drug-likeness (QED) is 0.179. The van der Waals surface area contributed by atoms with Crippen LogP contribution >= 0.6 is 0 Å². The first-order valence-electron chi connectivity index (χ1n) is 9.90. The topological polar surface area (TPSA) is 35.5 Å². The maximum absolute atomic E-state index is 12.8. The average molecular weight is 392 g/mol. The molecular weight excluding hydrogens is 372 g/mol. The first-order chi connectivity index (χ1) is 14.6. The smallest absolute Gasteiger partial charge is 0.394 e. The van der Waals surface area contributed by atoms with E-state index in [9.17, 15) is 4.79 Å². The molecule has 146 valence electrons. The van der Waals surface area contributed by atoms with Crippen LogP contribution < -0.4 is 9.47 Å². The fourth-order valence-corrected chi connectivity index (χ4v) is 3.89. The summed E-state index contributed by atoms with van der Waals surface area (Å²) in [6.07, 6.45) is -0.748. The molecule has 0 fully saturated rings. The maximum atomic E-state index is 12.8. The van der Waals surface area contributed by atoms with Crippen LogP contribution in [0.1, 0.15) is 11.1 Å². The third kappa shape index (κ3) is 3.15. The van der Waals surface area contributed by atoms with Crippen LogP contribution in [0.2, 0.25) is 0 Å². The predicted octanol–water partition coefficient (Wildman–Crippen LogP) is 7.34. The zero-order valence-electron chi connectivity index (χ0n) is 16.8. The van der Waals surface area contributed by atoms with E-state index in [2.05, 4.69) is 32.0 Å². The molecule has 0 unspecified atom stereocenters. The molecule has 0 saturated heterocycles. The summed E-state index contributed by atoms with van der Waals surface area (Å²) in [5.41, 5.74) is 2.34. The molecule has 0 aliphatic rings. The number of carbonyl (C=O) groups excluding carboxylic acids is 1. The highest BCUT2D eigenvalue weighted by Crippen LogP contribution is 2.37. The number of benzene rings is 5. The lowest BCUT2D eigenvalue weighted by Crippen LogP contribution is -2.14. The lowest BCUT2D eigenvalue weighted by Gasteiger charge is -2.14. The van der Waals surface area contributed by atoms with Crippen LogP contribution in [0.3, 0.4) is 0 Å². The normalized spacial score (nSPS) is 11.1. The van der Waals surface area contributed by atoms with Crippen LogP contribution in [0.5, 0.6) is 11.5 Å². The zero-order chi connectivity index (χ0) is 20.7. The zero-order valence-corrected chi connectivity index (χ0v) is 16.8. The largest absolute Gasteiger partial charge is 0.519 e. The number of hydrogen-bond donors (Lipinski definition) is 0. The van der Waals surface area contributed by atoms with E-state index in [-0.39, 0.29) is 0 Å². The van der Waals surface area contributed by atoms with Crippen LogP contribution in [0.25, 0.3) is 32.3 Å². The number of rotatable bonds is 2. The molecule has 0 N–H and O–H groups in total. The molecule has 0 amide bonds. The van der Waals surface area contributed by atoms with Gasteiger partial charge in [0.2, 0.25) is 0 Å². The lowest BCUT2D eigenvalue weighted by atomic mass is 9.98. The number of aryl methyl sites for hydroxylation is 2. The van der Waals surface area contributed by atoms with E-state index in [4.69, 9.17) is 9.47 Å². The van der Waals surface area contributed by atoms with Gasteiger partial charge in [0.1, 0.15) is 11.5 Å². The second kappa shape index (κ2) is 7.20. The minimum atomic E-state index is -0.748. The van der Waals surface area contributed by atoms with Gasteiger partial charge in [0.15, 0.2) is 0 Å². The monoisotopic (exact) mass is 392 g/mol. The number of hydrogen-bond acceptors (Lipinski definition) is 3. The third-order valence-corrected chi connectivity index (χ3v) is 5.56. The van der Waals surface area contributed by atoms with Crippen molar-refractivity contribution in [3.8, 4) is 11.5 Å². The Morgan fingerprint density at radius 1 is 0.600 bits per heavy atom. The van der Waals surface area contributed by atoms with E-state index in [1.807, 2.05) is 60.7 Å². The lowest BCUT2D eigenvalue weighted by molar-refractivity contribution is 0.153. The standard InChI is InChI=1S/C27H20O3/c1-17-14-21-16-20-9-4-6-12-23(20)26(24(21)15-18(17)2)30-27(28)29-25-13-7-10-19-8-3-5-11-22(19)25/h3-16H,1-2H3. The van der Waals surface area contributed by atoms with Crippen molar-refractivity contribution < 1.29 is 14.3 Å². The van der Waals surface area contributed by atoms with Crippen LogP contribution in [-0.2, 0) is 0 Å². The molecular formula is C27H20O3. The van der Waals surface area contributed by atoms with Gasteiger partial charge in [-0.2, -0.15) is 0 Å². The third-order valence-electron chi connectivity index (χ3n) is 5.56. The van der Waals surface area contributed by atoms with Crippen molar-refractivity contribution >= 4 is 38.5 Å². The van der Waals surface area contributed by atoms with Gasteiger partial charge in [0, 0.05) is 16.2 Å². The van der Waals surface area contributed by atoms with E-state index in [1.165, 1.54) is 5.56 Å². The highest BCUT2D eigenvalue weighted by molar-refractivity contribution is 6.06. The van der Waals surface area contributed by atoms with Crippen molar-refractivity contribution in [1.29, 1.82) is 0 Å². The Bertz CT molecular complexity index is 1430. The molecule has 0 atom stereocenters. The number of ether oxygens (including phenoxy) is 2. The molecule has 0 saturated carbocycles. The van der Waals surface area contributed by atoms with E-state index < -0.39 is 6.16 Å². The summed E-state index contributed by atoms with van der Waals surface area (Å²) >= 11 is 0. The van der Waals surface area contributed by atoms with Crippen molar-refractivity contribution in [2.75, 3.05) is 0 Å². The molecule has 5 rings (SSSR count). The van der Waals surface area contributed by atoms with E-state index in [1.54, 1.807) is 6.07 Å². The molecule has 5 aromatic carbocycles. The summed E-state index contributed by atoms with van der Waals surface area (Å²) in [7, 11) is 0. The molecule has 3 nitrogen and oxygen atoms in total. The summed E-state index contributed by atoms with van der Waals surface area (Å²) in [4.78, 5) is 12.8. The number of fused-ring (bicyclic) bond motifs is 3. The summed E-state index contributed by atoms with van der Waals surface area (Å²) in [5.74, 6) is 1.01. The van der Waals surface area contributed by atoms with Crippen molar-refractivity contribution in [2.45, 2.75) is 13.8 Å². The SMILES string of the molecule is Cc1cc2cc3ccccc3c(OC(=O)Oc3cccc4ccccc34)c2cc1C. The summed E-state index contributed by atoms with van der Waals surface area (Å²) in [5, 5.41) is 5.69. The minimum Gasteiger partial charge on any atom is -0.394 e. The minimum absolute atomic E-state index is 0.481. The Labute approximate surface area is 174 Å². The van der Waals surface area contributed by atoms with Gasteiger partial charge in [-0.05, 0) is 59.3 Å². The van der Waals surface area contributed by atoms with Gasteiger partial charge in [-0.25, -0.2) is 4.79 Å². The maximum Gasteiger partial charge on any atom is 0.519 e.